The lowest BCUT2D eigenvalue weighted by atomic mass is 10.0. The van der Waals surface area contributed by atoms with Crippen LogP contribution in [0, 0.1) is 0 Å². The van der Waals surface area contributed by atoms with Crippen LogP contribution in [-0.2, 0) is 0 Å². The van der Waals surface area contributed by atoms with Gasteiger partial charge in [-0.2, -0.15) is 0 Å². The number of ketones is 1. The van der Waals surface area contributed by atoms with E-state index in [1.165, 1.54) is 0 Å². The predicted octanol–water partition coefficient (Wildman–Crippen LogP) is 2.01. The van der Waals surface area contributed by atoms with Crippen LogP contribution in [0.5, 0.6) is 0 Å². The van der Waals surface area contributed by atoms with Gasteiger partial charge < -0.3 is 10.9 Å². The molecule has 0 bridgehead atoms. The minimum Gasteiger partial charge on any atom is -0.322 e. The van der Waals surface area contributed by atoms with E-state index in [2.05, 4.69) is 21.7 Å². The molecule has 0 aliphatic carbocycles. The van der Waals surface area contributed by atoms with Gasteiger partial charge in [0, 0.05) is 36.6 Å². The Morgan fingerprint density at radius 3 is 1.35 bits per heavy atom. The van der Waals surface area contributed by atoms with Gasteiger partial charge in [-0.1, -0.05) is 0 Å². The molecule has 0 aromatic heterocycles. The first kappa shape index (κ1) is 14.0. The van der Waals surface area contributed by atoms with E-state index in [4.69, 9.17) is 0 Å². The first-order valence-corrected chi connectivity index (χ1v) is 6.35. The highest BCUT2D eigenvalue weighted by molar-refractivity contribution is 6.09. The fraction of sp³-hybridized carbons (Fsp3) is 0.133. The third-order valence-corrected chi connectivity index (χ3v) is 2.83. The van der Waals surface area contributed by atoms with E-state index in [9.17, 15) is 4.79 Å². The molecule has 2 aromatic carbocycles. The van der Waals surface area contributed by atoms with Crippen molar-refractivity contribution in [2.24, 2.45) is 0 Å². The molecule has 5 nitrogen and oxygen atoms in total. The summed E-state index contributed by atoms with van der Waals surface area (Å²) in [6, 6.07) is 14.7. The number of rotatable bonds is 6. The van der Waals surface area contributed by atoms with Gasteiger partial charge in [0.2, 0.25) is 0 Å². The zero-order chi connectivity index (χ0) is 14.4. The third-order valence-electron chi connectivity index (χ3n) is 2.83. The molecule has 20 heavy (non-hydrogen) atoms. The van der Waals surface area contributed by atoms with E-state index in [0.717, 1.165) is 11.4 Å². The predicted molar refractivity (Wildman–Crippen MR) is 81.7 cm³/mol. The normalized spacial score (nSPS) is 10.1. The molecule has 0 saturated carbocycles. The highest BCUT2D eigenvalue weighted by Gasteiger charge is 2.08. The number of anilines is 2. The average molecular weight is 270 g/mol. The first-order valence-electron chi connectivity index (χ1n) is 6.35. The van der Waals surface area contributed by atoms with Gasteiger partial charge in [0.25, 0.3) is 0 Å². The Bertz CT molecular complexity index is 512. The number of carbonyl (C=O) groups is 1. The molecular weight excluding hydrogens is 252 g/mol. The monoisotopic (exact) mass is 270 g/mol. The molecule has 0 radical (unpaired) electrons. The van der Waals surface area contributed by atoms with Crippen molar-refractivity contribution in [3.8, 4) is 0 Å². The summed E-state index contributed by atoms with van der Waals surface area (Å²) >= 11 is 0. The van der Waals surface area contributed by atoms with Crippen molar-refractivity contribution in [2.75, 3.05) is 24.9 Å². The maximum atomic E-state index is 12.3. The largest absolute Gasteiger partial charge is 0.322 e. The molecule has 0 saturated heterocycles. The summed E-state index contributed by atoms with van der Waals surface area (Å²) in [5, 5.41) is 0. The van der Waals surface area contributed by atoms with Gasteiger partial charge in [-0.25, -0.2) is 10.9 Å². The molecule has 0 heterocycles. The van der Waals surface area contributed by atoms with Crippen LogP contribution in [0.25, 0.3) is 0 Å². The fourth-order valence-corrected chi connectivity index (χ4v) is 1.87. The molecule has 4 N–H and O–H groups in total. The molecule has 0 aliphatic rings. The first-order chi connectivity index (χ1) is 9.74. The molecule has 104 valence electrons. The van der Waals surface area contributed by atoms with Gasteiger partial charge in [0.1, 0.15) is 0 Å². The lowest BCUT2D eigenvalue weighted by Crippen LogP contribution is -2.15. The fourth-order valence-electron chi connectivity index (χ4n) is 1.87. The Labute approximate surface area is 118 Å². The van der Waals surface area contributed by atoms with E-state index < -0.39 is 0 Å². The quantitative estimate of drug-likeness (QED) is 0.478. The van der Waals surface area contributed by atoms with Crippen molar-refractivity contribution in [3.05, 3.63) is 59.7 Å². The minimum atomic E-state index is 0.0111. The van der Waals surface area contributed by atoms with Crippen LogP contribution < -0.4 is 21.7 Å². The summed E-state index contributed by atoms with van der Waals surface area (Å²) in [7, 11) is 3.58. The van der Waals surface area contributed by atoms with Crippen molar-refractivity contribution >= 4 is 17.2 Å². The molecule has 0 amide bonds. The highest BCUT2D eigenvalue weighted by Crippen LogP contribution is 2.15. The van der Waals surface area contributed by atoms with Crippen molar-refractivity contribution in [1.82, 2.24) is 10.9 Å². The second-order valence-corrected chi connectivity index (χ2v) is 4.23. The summed E-state index contributed by atoms with van der Waals surface area (Å²) in [4.78, 5) is 12.3. The maximum Gasteiger partial charge on any atom is 0.193 e. The van der Waals surface area contributed by atoms with Crippen LogP contribution in [0.4, 0.5) is 11.4 Å². The average Bonchev–Trinajstić information content (AvgIpc) is 2.49. The minimum absolute atomic E-state index is 0.0111. The number of hydrogen-bond acceptors (Lipinski definition) is 5. The summed E-state index contributed by atoms with van der Waals surface area (Å²) in [6.45, 7) is 0. The highest BCUT2D eigenvalue weighted by atomic mass is 16.1. The van der Waals surface area contributed by atoms with Gasteiger partial charge in [-0.05, 0) is 48.5 Å². The van der Waals surface area contributed by atoms with E-state index in [1.54, 1.807) is 14.1 Å². The van der Waals surface area contributed by atoms with Crippen LogP contribution in [0.2, 0.25) is 0 Å². The molecular formula is C15H18N4O. The third kappa shape index (κ3) is 3.34. The Morgan fingerprint density at radius 2 is 1.05 bits per heavy atom. The molecule has 5 heteroatoms. The molecule has 0 atom stereocenters. The lowest BCUT2D eigenvalue weighted by Gasteiger charge is -2.07. The van der Waals surface area contributed by atoms with Crippen LogP contribution in [0.15, 0.2) is 48.5 Å². The summed E-state index contributed by atoms with van der Waals surface area (Å²) in [6.07, 6.45) is 0. The summed E-state index contributed by atoms with van der Waals surface area (Å²) in [5.41, 5.74) is 14.8. The number of nitrogens with one attached hydrogen (secondary N) is 4. The van der Waals surface area contributed by atoms with Crippen molar-refractivity contribution in [1.29, 1.82) is 0 Å². The van der Waals surface area contributed by atoms with Gasteiger partial charge in [-0.3, -0.25) is 4.79 Å². The van der Waals surface area contributed by atoms with Crippen molar-refractivity contribution in [3.63, 3.8) is 0 Å². The van der Waals surface area contributed by atoms with Gasteiger partial charge >= 0.3 is 0 Å². The second kappa shape index (κ2) is 6.70. The number of carbonyl (C=O) groups excluding carboxylic acids is 1. The SMILES string of the molecule is CNNc1ccc(C(=O)c2ccc(NNC)cc2)cc1. The molecule has 2 aromatic rings. The van der Waals surface area contributed by atoms with Crippen LogP contribution in [0.3, 0.4) is 0 Å². The van der Waals surface area contributed by atoms with Crippen LogP contribution in [0.1, 0.15) is 15.9 Å². The molecule has 0 unspecified atom stereocenters. The zero-order valence-corrected chi connectivity index (χ0v) is 11.5. The van der Waals surface area contributed by atoms with Crippen LogP contribution >= 0.6 is 0 Å². The number of hydrazine groups is 2. The number of benzene rings is 2. The zero-order valence-electron chi connectivity index (χ0n) is 11.5. The van der Waals surface area contributed by atoms with Crippen molar-refractivity contribution in [2.45, 2.75) is 0 Å². The maximum absolute atomic E-state index is 12.3. The van der Waals surface area contributed by atoms with E-state index in [1.807, 2.05) is 48.5 Å². The molecule has 0 fully saturated rings. The van der Waals surface area contributed by atoms with Gasteiger partial charge in [0.15, 0.2) is 5.78 Å². The Kier molecular flexibility index (Phi) is 4.70. The molecule has 0 aliphatic heterocycles. The van der Waals surface area contributed by atoms with E-state index >= 15 is 0 Å². The Hall–Kier alpha value is -2.37. The van der Waals surface area contributed by atoms with Crippen molar-refractivity contribution < 1.29 is 4.79 Å². The lowest BCUT2D eigenvalue weighted by molar-refractivity contribution is 0.103. The molecule has 0 spiro atoms. The number of hydrogen-bond donors (Lipinski definition) is 4. The van der Waals surface area contributed by atoms with E-state index in [-0.39, 0.29) is 5.78 Å². The summed E-state index contributed by atoms with van der Waals surface area (Å²) < 4.78 is 0. The topological polar surface area (TPSA) is 65.2 Å². The molecule has 2 rings (SSSR count). The van der Waals surface area contributed by atoms with Gasteiger partial charge in [-0.15, -0.1) is 0 Å². The second-order valence-electron chi connectivity index (χ2n) is 4.23. The Balaban J connectivity index is 2.13. The smallest absolute Gasteiger partial charge is 0.193 e. The summed E-state index contributed by atoms with van der Waals surface area (Å²) in [5.74, 6) is 0.0111. The van der Waals surface area contributed by atoms with Crippen LogP contribution in [-0.4, -0.2) is 19.9 Å². The standard InChI is InChI=1S/C15H18N4O/c1-16-18-13-7-3-11(4-8-13)15(20)12-5-9-14(10-6-12)19-17-2/h3-10,16-19H,1-2H3. The Morgan fingerprint density at radius 1 is 0.700 bits per heavy atom. The van der Waals surface area contributed by atoms with E-state index in [0.29, 0.717) is 11.1 Å². The van der Waals surface area contributed by atoms with Gasteiger partial charge in [0.05, 0.1) is 0 Å².